The Hall–Kier alpha value is -1.93. The Bertz CT molecular complexity index is 578. The number of ether oxygens (including phenoxy) is 2. The summed E-state index contributed by atoms with van der Waals surface area (Å²) in [6, 6.07) is 5.13. The molecule has 2 N–H and O–H groups in total. The van der Waals surface area contributed by atoms with E-state index < -0.39 is 6.61 Å². The van der Waals surface area contributed by atoms with Crippen molar-refractivity contribution in [2.75, 3.05) is 45.9 Å². The molecule has 1 aliphatic heterocycles. The van der Waals surface area contributed by atoms with Crippen molar-refractivity contribution < 1.29 is 18.3 Å². The van der Waals surface area contributed by atoms with Crippen LogP contribution in [0.3, 0.4) is 0 Å². The van der Waals surface area contributed by atoms with Gasteiger partial charge in [-0.05, 0) is 19.9 Å². The summed E-state index contributed by atoms with van der Waals surface area (Å²) < 4.78 is 35.1. The molecular formula is C18H28F2N4O2. The van der Waals surface area contributed by atoms with Gasteiger partial charge >= 0.3 is 6.61 Å². The molecule has 1 fully saturated rings. The van der Waals surface area contributed by atoms with Crippen LogP contribution in [0.5, 0.6) is 5.75 Å². The maximum atomic E-state index is 12.6. The molecule has 1 saturated heterocycles. The average Bonchev–Trinajstić information content (AvgIpc) is 2.62. The zero-order valence-corrected chi connectivity index (χ0v) is 15.4. The smallest absolute Gasteiger partial charge is 0.387 e. The van der Waals surface area contributed by atoms with Crippen LogP contribution >= 0.6 is 0 Å². The zero-order valence-electron chi connectivity index (χ0n) is 15.4. The highest BCUT2D eigenvalue weighted by Crippen LogP contribution is 2.22. The van der Waals surface area contributed by atoms with Crippen molar-refractivity contribution in [3.8, 4) is 5.75 Å². The van der Waals surface area contributed by atoms with Crippen LogP contribution in [0.1, 0.15) is 18.1 Å². The van der Waals surface area contributed by atoms with Crippen LogP contribution in [-0.2, 0) is 11.3 Å². The summed E-state index contributed by atoms with van der Waals surface area (Å²) in [6.07, 6.45) is 0. The lowest BCUT2D eigenvalue weighted by Gasteiger charge is -2.26. The van der Waals surface area contributed by atoms with E-state index >= 15 is 0 Å². The van der Waals surface area contributed by atoms with Gasteiger partial charge in [0, 0.05) is 38.3 Å². The Labute approximate surface area is 153 Å². The van der Waals surface area contributed by atoms with E-state index in [4.69, 9.17) is 4.74 Å². The van der Waals surface area contributed by atoms with Gasteiger partial charge in [-0.1, -0.05) is 17.7 Å². The van der Waals surface area contributed by atoms with Crippen LogP contribution in [0, 0.1) is 6.92 Å². The fraction of sp³-hybridized carbons (Fsp3) is 0.611. The van der Waals surface area contributed by atoms with E-state index in [9.17, 15) is 8.78 Å². The van der Waals surface area contributed by atoms with Crippen LogP contribution < -0.4 is 15.4 Å². The number of aliphatic imine (C=N–C) groups is 1. The Morgan fingerprint density at radius 3 is 2.77 bits per heavy atom. The molecule has 8 heteroatoms. The molecule has 0 radical (unpaired) electrons. The first kappa shape index (κ1) is 20.4. The maximum Gasteiger partial charge on any atom is 0.387 e. The molecule has 0 aliphatic carbocycles. The number of rotatable bonds is 8. The van der Waals surface area contributed by atoms with E-state index in [2.05, 4.69) is 25.3 Å². The van der Waals surface area contributed by atoms with Gasteiger partial charge in [-0.15, -0.1) is 0 Å². The second-order valence-corrected chi connectivity index (χ2v) is 6.07. The molecule has 1 aromatic carbocycles. The van der Waals surface area contributed by atoms with Gasteiger partial charge in [0.05, 0.1) is 19.8 Å². The molecule has 0 unspecified atom stereocenters. The van der Waals surface area contributed by atoms with E-state index in [1.807, 2.05) is 19.9 Å². The van der Waals surface area contributed by atoms with Crippen molar-refractivity contribution in [1.82, 2.24) is 15.5 Å². The van der Waals surface area contributed by atoms with Gasteiger partial charge in [-0.25, -0.2) is 4.99 Å². The van der Waals surface area contributed by atoms with E-state index in [1.165, 1.54) is 0 Å². The van der Waals surface area contributed by atoms with Crippen LogP contribution in [-0.4, -0.2) is 63.4 Å². The van der Waals surface area contributed by atoms with Crippen molar-refractivity contribution in [2.24, 2.45) is 4.99 Å². The highest BCUT2D eigenvalue weighted by molar-refractivity contribution is 5.79. The molecule has 26 heavy (non-hydrogen) atoms. The number of nitrogens with one attached hydrogen (secondary N) is 2. The largest absolute Gasteiger partial charge is 0.434 e. The SMILES string of the molecule is CCNC(=NCc1cc(C)ccc1OC(F)F)NCCN1CCOCC1. The fourth-order valence-electron chi connectivity index (χ4n) is 2.71. The first-order chi connectivity index (χ1) is 12.6. The number of guanidine groups is 1. The molecule has 1 aliphatic rings. The fourth-order valence-corrected chi connectivity index (χ4v) is 2.71. The summed E-state index contributed by atoms with van der Waals surface area (Å²) in [4.78, 5) is 6.83. The number of benzene rings is 1. The second kappa shape index (κ2) is 10.9. The van der Waals surface area contributed by atoms with Gasteiger partial charge in [0.15, 0.2) is 5.96 Å². The molecule has 1 aromatic rings. The molecule has 1 heterocycles. The van der Waals surface area contributed by atoms with Crippen LogP contribution in [0.4, 0.5) is 8.78 Å². The third kappa shape index (κ3) is 7.13. The number of morpholine rings is 1. The number of halogens is 2. The predicted molar refractivity (Wildman–Crippen MR) is 97.9 cm³/mol. The van der Waals surface area contributed by atoms with Crippen molar-refractivity contribution in [3.63, 3.8) is 0 Å². The standard InChI is InChI=1S/C18H28F2N4O2/c1-3-21-18(22-6-7-24-8-10-25-11-9-24)23-13-15-12-14(2)4-5-16(15)26-17(19)20/h4-5,12,17H,3,6-11,13H2,1-2H3,(H2,21,22,23). The molecule has 0 spiro atoms. The van der Waals surface area contributed by atoms with E-state index in [-0.39, 0.29) is 12.3 Å². The van der Waals surface area contributed by atoms with Gasteiger partial charge in [0.25, 0.3) is 0 Å². The summed E-state index contributed by atoms with van der Waals surface area (Å²) in [5, 5.41) is 6.45. The lowest BCUT2D eigenvalue weighted by atomic mass is 10.1. The quantitative estimate of drug-likeness (QED) is 0.541. The Morgan fingerprint density at radius 2 is 2.08 bits per heavy atom. The lowest BCUT2D eigenvalue weighted by molar-refractivity contribution is -0.0504. The minimum Gasteiger partial charge on any atom is -0.434 e. The first-order valence-electron chi connectivity index (χ1n) is 8.95. The molecular weight excluding hydrogens is 342 g/mol. The molecule has 0 atom stereocenters. The van der Waals surface area contributed by atoms with Crippen molar-refractivity contribution in [1.29, 1.82) is 0 Å². The average molecular weight is 370 g/mol. The Morgan fingerprint density at radius 1 is 1.31 bits per heavy atom. The van der Waals surface area contributed by atoms with Crippen LogP contribution in [0.25, 0.3) is 0 Å². The lowest BCUT2D eigenvalue weighted by Crippen LogP contribution is -2.44. The molecule has 0 aromatic heterocycles. The summed E-state index contributed by atoms with van der Waals surface area (Å²) >= 11 is 0. The summed E-state index contributed by atoms with van der Waals surface area (Å²) in [7, 11) is 0. The van der Waals surface area contributed by atoms with Crippen molar-refractivity contribution in [3.05, 3.63) is 29.3 Å². The highest BCUT2D eigenvalue weighted by Gasteiger charge is 2.11. The van der Waals surface area contributed by atoms with Gasteiger partial charge in [-0.3, -0.25) is 4.90 Å². The topological polar surface area (TPSA) is 58.1 Å². The zero-order chi connectivity index (χ0) is 18.8. The molecule has 0 bridgehead atoms. The molecule has 146 valence electrons. The Kier molecular flexibility index (Phi) is 8.57. The molecule has 0 saturated carbocycles. The number of hydrogen-bond donors (Lipinski definition) is 2. The van der Waals surface area contributed by atoms with Gasteiger partial charge in [0.2, 0.25) is 0 Å². The first-order valence-corrected chi connectivity index (χ1v) is 8.95. The van der Waals surface area contributed by atoms with Gasteiger partial charge in [0.1, 0.15) is 5.75 Å². The molecule has 0 amide bonds. The molecule has 2 rings (SSSR count). The maximum absolute atomic E-state index is 12.6. The van der Waals surface area contributed by atoms with E-state index in [0.29, 0.717) is 11.5 Å². The summed E-state index contributed by atoms with van der Waals surface area (Å²) in [5.74, 6) is 0.823. The third-order valence-corrected chi connectivity index (χ3v) is 4.01. The molecule has 6 nitrogen and oxygen atoms in total. The van der Waals surface area contributed by atoms with Crippen molar-refractivity contribution in [2.45, 2.75) is 27.0 Å². The van der Waals surface area contributed by atoms with Gasteiger partial charge < -0.3 is 20.1 Å². The van der Waals surface area contributed by atoms with Crippen molar-refractivity contribution >= 4 is 5.96 Å². The minimum atomic E-state index is -2.85. The minimum absolute atomic E-state index is 0.165. The van der Waals surface area contributed by atoms with E-state index in [1.54, 1.807) is 12.1 Å². The monoisotopic (exact) mass is 370 g/mol. The Balaban J connectivity index is 1.93. The number of nitrogens with zero attached hydrogens (tertiary/aromatic N) is 2. The third-order valence-electron chi connectivity index (χ3n) is 4.01. The predicted octanol–water partition coefficient (Wildman–Crippen LogP) is 1.98. The van der Waals surface area contributed by atoms with Gasteiger partial charge in [-0.2, -0.15) is 8.78 Å². The van der Waals surface area contributed by atoms with Crippen LogP contribution in [0.15, 0.2) is 23.2 Å². The summed E-state index contributed by atoms with van der Waals surface area (Å²) in [6.45, 7) is 7.09. The normalized spacial score (nSPS) is 16.0. The van der Waals surface area contributed by atoms with Crippen LogP contribution in [0.2, 0.25) is 0 Å². The number of alkyl halides is 2. The number of aryl methyl sites for hydroxylation is 1. The number of hydrogen-bond acceptors (Lipinski definition) is 4. The highest BCUT2D eigenvalue weighted by atomic mass is 19.3. The second-order valence-electron chi connectivity index (χ2n) is 6.07. The van der Waals surface area contributed by atoms with E-state index in [0.717, 1.165) is 51.5 Å². The summed E-state index contributed by atoms with van der Waals surface area (Å²) in [5.41, 5.74) is 1.61.